The number of phenolic OH excluding ortho intramolecular Hbond substituents is 1. The van der Waals surface area contributed by atoms with Crippen LogP contribution in [0.4, 0.5) is 0 Å². The van der Waals surface area contributed by atoms with Crippen LogP contribution in [0.1, 0.15) is 37.5 Å². The molecular formula is C19H25NO2. The molecular weight excluding hydrogens is 274 g/mol. The monoisotopic (exact) mass is 299 g/mol. The van der Waals surface area contributed by atoms with E-state index in [0.29, 0.717) is 12.3 Å². The summed E-state index contributed by atoms with van der Waals surface area (Å²) in [4.78, 5) is 0. The first-order valence-corrected chi connectivity index (χ1v) is 7.72. The summed E-state index contributed by atoms with van der Waals surface area (Å²) in [5.74, 6) is 0.298. The van der Waals surface area contributed by atoms with Crippen molar-refractivity contribution < 1.29 is 10.2 Å². The van der Waals surface area contributed by atoms with Gasteiger partial charge < -0.3 is 15.5 Å². The Morgan fingerprint density at radius 3 is 2.27 bits per heavy atom. The van der Waals surface area contributed by atoms with Crippen LogP contribution in [-0.4, -0.2) is 22.3 Å². The molecule has 2 aromatic rings. The van der Waals surface area contributed by atoms with E-state index in [9.17, 15) is 10.2 Å². The minimum Gasteiger partial charge on any atom is -0.508 e. The maximum atomic E-state index is 10.2. The molecule has 0 spiro atoms. The first kappa shape index (κ1) is 16.5. The summed E-state index contributed by atoms with van der Waals surface area (Å²) in [6.07, 6.45) is 1.40. The second kappa shape index (κ2) is 7.43. The van der Waals surface area contributed by atoms with Crippen molar-refractivity contribution in [2.75, 3.05) is 6.54 Å². The van der Waals surface area contributed by atoms with Crippen molar-refractivity contribution in [1.29, 1.82) is 0 Å². The second-order valence-corrected chi connectivity index (χ2v) is 6.36. The summed E-state index contributed by atoms with van der Waals surface area (Å²) >= 11 is 0. The van der Waals surface area contributed by atoms with E-state index in [1.165, 1.54) is 5.56 Å². The van der Waals surface area contributed by atoms with Crippen molar-refractivity contribution in [2.24, 2.45) is 0 Å². The fourth-order valence-corrected chi connectivity index (χ4v) is 2.37. The predicted molar refractivity (Wildman–Crippen MR) is 89.9 cm³/mol. The van der Waals surface area contributed by atoms with Crippen LogP contribution in [0.15, 0.2) is 54.6 Å². The number of benzene rings is 2. The van der Waals surface area contributed by atoms with Gasteiger partial charge in [-0.1, -0.05) is 42.5 Å². The standard InChI is InChI=1S/C19H25NO2/c1-19(2,13-12-15-8-10-17(21)11-9-15)20-14-18(22)16-6-4-3-5-7-16/h3-11,18,20-22H,12-14H2,1-2H3. The quantitative estimate of drug-likeness (QED) is 0.734. The van der Waals surface area contributed by atoms with Gasteiger partial charge in [-0.25, -0.2) is 0 Å². The maximum Gasteiger partial charge on any atom is 0.115 e. The molecule has 22 heavy (non-hydrogen) atoms. The highest BCUT2D eigenvalue weighted by Crippen LogP contribution is 2.18. The Morgan fingerprint density at radius 1 is 1.00 bits per heavy atom. The molecule has 0 aliphatic rings. The molecule has 0 aliphatic carbocycles. The van der Waals surface area contributed by atoms with E-state index in [0.717, 1.165) is 18.4 Å². The summed E-state index contributed by atoms with van der Waals surface area (Å²) in [5.41, 5.74) is 2.08. The molecule has 0 amide bonds. The van der Waals surface area contributed by atoms with Gasteiger partial charge in [0, 0.05) is 12.1 Å². The maximum absolute atomic E-state index is 10.2. The first-order chi connectivity index (χ1) is 10.5. The summed E-state index contributed by atoms with van der Waals surface area (Å²) < 4.78 is 0. The average molecular weight is 299 g/mol. The molecule has 0 saturated carbocycles. The van der Waals surface area contributed by atoms with Crippen LogP contribution >= 0.6 is 0 Å². The minimum absolute atomic E-state index is 0.0619. The number of aromatic hydroxyl groups is 1. The molecule has 0 heterocycles. The molecule has 0 fully saturated rings. The smallest absolute Gasteiger partial charge is 0.115 e. The average Bonchev–Trinajstić information content (AvgIpc) is 2.53. The lowest BCUT2D eigenvalue weighted by Gasteiger charge is -2.28. The fourth-order valence-electron chi connectivity index (χ4n) is 2.37. The normalized spacial score (nSPS) is 13.0. The number of nitrogens with one attached hydrogen (secondary N) is 1. The predicted octanol–water partition coefficient (Wildman–Crippen LogP) is 3.43. The highest BCUT2D eigenvalue weighted by atomic mass is 16.3. The van der Waals surface area contributed by atoms with Gasteiger partial charge in [0.05, 0.1) is 6.10 Å². The fraction of sp³-hybridized carbons (Fsp3) is 0.368. The number of hydrogen-bond donors (Lipinski definition) is 3. The molecule has 1 atom stereocenters. The highest BCUT2D eigenvalue weighted by molar-refractivity contribution is 5.26. The summed E-state index contributed by atoms with van der Waals surface area (Å²) in [5, 5.41) is 22.9. The van der Waals surface area contributed by atoms with Crippen LogP contribution in [0.3, 0.4) is 0 Å². The molecule has 3 nitrogen and oxygen atoms in total. The van der Waals surface area contributed by atoms with E-state index < -0.39 is 6.10 Å². The number of hydrogen-bond acceptors (Lipinski definition) is 3. The Labute approximate surface area is 132 Å². The Bertz CT molecular complexity index is 564. The van der Waals surface area contributed by atoms with E-state index in [-0.39, 0.29) is 5.54 Å². The summed E-state index contributed by atoms with van der Waals surface area (Å²) in [6, 6.07) is 17.0. The van der Waals surface area contributed by atoms with Crippen molar-refractivity contribution in [3.05, 3.63) is 65.7 Å². The van der Waals surface area contributed by atoms with E-state index >= 15 is 0 Å². The van der Waals surface area contributed by atoms with Gasteiger partial charge in [-0.05, 0) is 49.9 Å². The number of rotatable bonds is 7. The van der Waals surface area contributed by atoms with Crippen LogP contribution < -0.4 is 5.32 Å². The van der Waals surface area contributed by atoms with Gasteiger partial charge in [0.25, 0.3) is 0 Å². The number of β-amino-alcohol motifs (C(OH)–C–C–N with tert-alkyl or cyclic N) is 1. The van der Waals surface area contributed by atoms with Gasteiger partial charge in [-0.2, -0.15) is 0 Å². The number of phenols is 1. The molecule has 0 aromatic heterocycles. The van der Waals surface area contributed by atoms with Gasteiger partial charge in [0.1, 0.15) is 5.75 Å². The zero-order valence-corrected chi connectivity index (χ0v) is 13.3. The van der Waals surface area contributed by atoms with Crippen LogP contribution in [0, 0.1) is 0 Å². The van der Waals surface area contributed by atoms with Crippen LogP contribution in [0.5, 0.6) is 5.75 Å². The van der Waals surface area contributed by atoms with Crippen molar-refractivity contribution >= 4 is 0 Å². The SMILES string of the molecule is CC(C)(CCc1ccc(O)cc1)NCC(O)c1ccccc1. The van der Waals surface area contributed by atoms with Gasteiger partial charge in [0.15, 0.2) is 0 Å². The minimum atomic E-state index is -0.492. The van der Waals surface area contributed by atoms with Crippen LogP contribution in [-0.2, 0) is 6.42 Å². The van der Waals surface area contributed by atoms with Crippen LogP contribution in [0.2, 0.25) is 0 Å². The topological polar surface area (TPSA) is 52.5 Å². The molecule has 3 heteroatoms. The number of aliphatic hydroxyl groups is 1. The van der Waals surface area contributed by atoms with Gasteiger partial charge >= 0.3 is 0 Å². The largest absolute Gasteiger partial charge is 0.508 e. The third-order valence-electron chi connectivity index (χ3n) is 3.93. The Morgan fingerprint density at radius 2 is 1.64 bits per heavy atom. The third kappa shape index (κ3) is 5.17. The Balaban J connectivity index is 1.81. The molecule has 0 bridgehead atoms. The third-order valence-corrected chi connectivity index (χ3v) is 3.93. The van der Waals surface area contributed by atoms with Gasteiger partial charge in [-0.3, -0.25) is 0 Å². The molecule has 0 aliphatic heterocycles. The Kier molecular flexibility index (Phi) is 5.58. The number of aliphatic hydroxyl groups excluding tert-OH is 1. The van der Waals surface area contributed by atoms with Crippen LogP contribution in [0.25, 0.3) is 0 Å². The molecule has 0 radical (unpaired) electrons. The van der Waals surface area contributed by atoms with E-state index in [1.807, 2.05) is 42.5 Å². The molecule has 2 aromatic carbocycles. The second-order valence-electron chi connectivity index (χ2n) is 6.36. The summed E-state index contributed by atoms with van der Waals surface area (Å²) in [6.45, 7) is 4.82. The lowest BCUT2D eigenvalue weighted by atomic mass is 9.94. The molecule has 0 saturated heterocycles. The molecule has 2 rings (SSSR count). The van der Waals surface area contributed by atoms with Crippen molar-refractivity contribution in [1.82, 2.24) is 5.32 Å². The van der Waals surface area contributed by atoms with Gasteiger partial charge in [-0.15, -0.1) is 0 Å². The zero-order valence-electron chi connectivity index (χ0n) is 13.3. The lowest BCUT2D eigenvalue weighted by Crippen LogP contribution is -2.41. The van der Waals surface area contributed by atoms with E-state index in [1.54, 1.807) is 12.1 Å². The Hall–Kier alpha value is -1.84. The molecule has 3 N–H and O–H groups in total. The number of aryl methyl sites for hydroxylation is 1. The zero-order chi connectivity index (χ0) is 16.0. The van der Waals surface area contributed by atoms with Crippen molar-refractivity contribution in [3.63, 3.8) is 0 Å². The lowest BCUT2D eigenvalue weighted by molar-refractivity contribution is 0.159. The highest BCUT2D eigenvalue weighted by Gasteiger charge is 2.19. The van der Waals surface area contributed by atoms with E-state index in [2.05, 4.69) is 19.2 Å². The van der Waals surface area contributed by atoms with Crippen molar-refractivity contribution in [3.8, 4) is 5.75 Å². The van der Waals surface area contributed by atoms with E-state index in [4.69, 9.17) is 0 Å². The molecule has 118 valence electrons. The van der Waals surface area contributed by atoms with Gasteiger partial charge in [0.2, 0.25) is 0 Å². The summed E-state index contributed by atoms with van der Waals surface area (Å²) in [7, 11) is 0. The molecule has 1 unspecified atom stereocenters. The van der Waals surface area contributed by atoms with Crippen molar-refractivity contribution in [2.45, 2.75) is 38.3 Å². The first-order valence-electron chi connectivity index (χ1n) is 7.72.